The molecular weight excluding hydrogens is 282 g/mol. The summed E-state index contributed by atoms with van der Waals surface area (Å²) in [6.07, 6.45) is 2.21. The highest BCUT2D eigenvalue weighted by molar-refractivity contribution is 5.35. The molecule has 0 spiro atoms. The molecular formula is C21H27NO. The molecule has 2 aromatic carbocycles. The molecule has 0 aromatic heterocycles. The Labute approximate surface area is 139 Å². The minimum absolute atomic E-state index is 0.121. The van der Waals surface area contributed by atoms with E-state index in [1.807, 2.05) is 0 Å². The fourth-order valence-electron chi connectivity index (χ4n) is 3.94. The zero-order valence-electron chi connectivity index (χ0n) is 14.3. The van der Waals surface area contributed by atoms with Gasteiger partial charge in [-0.05, 0) is 44.4 Å². The summed E-state index contributed by atoms with van der Waals surface area (Å²) in [5.74, 6) is 0. The van der Waals surface area contributed by atoms with Crippen LogP contribution in [0.4, 0.5) is 0 Å². The highest BCUT2D eigenvalue weighted by atomic mass is 16.3. The molecule has 0 radical (unpaired) electrons. The van der Waals surface area contributed by atoms with Gasteiger partial charge in [0, 0.05) is 18.5 Å². The lowest BCUT2D eigenvalue weighted by Gasteiger charge is -2.42. The van der Waals surface area contributed by atoms with Crippen molar-refractivity contribution in [3.8, 4) is 0 Å². The smallest absolute Gasteiger partial charge is 0.0540 e. The molecule has 122 valence electrons. The van der Waals surface area contributed by atoms with E-state index in [4.69, 9.17) is 0 Å². The molecule has 2 aromatic rings. The molecule has 1 fully saturated rings. The summed E-state index contributed by atoms with van der Waals surface area (Å²) >= 11 is 0. The van der Waals surface area contributed by atoms with Crippen LogP contribution in [0.1, 0.15) is 35.1 Å². The van der Waals surface area contributed by atoms with Crippen LogP contribution in [-0.2, 0) is 12.0 Å². The molecule has 2 heteroatoms. The van der Waals surface area contributed by atoms with Crippen molar-refractivity contribution in [1.29, 1.82) is 0 Å². The number of aliphatic hydroxyl groups is 1. The molecule has 1 aliphatic heterocycles. The molecule has 2 nitrogen and oxygen atoms in total. The quantitative estimate of drug-likeness (QED) is 0.928. The standard InChI is InChI=1S/C21H27NO/c1-17-11-18(2)13-20(12-17)21(16-23)9-6-10-22(15-21)14-19-7-4-3-5-8-19/h3-5,7-8,11-13,23H,6,9-10,14-16H2,1-2H3. The van der Waals surface area contributed by atoms with Crippen molar-refractivity contribution in [2.45, 2.75) is 38.6 Å². The number of piperidine rings is 1. The van der Waals surface area contributed by atoms with Crippen LogP contribution in [0.15, 0.2) is 48.5 Å². The summed E-state index contributed by atoms with van der Waals surface area (Å²) in [6, 6.07) is 17.4. The molecule has 1 heterocycles. The Morgan fingerprint density at radius 1 is 1.04 bits per heavy atom. The van der Waals surface area contributed by atoms with E-state index in [0.29, 0.717) is 0 Å². The number of hydrogen-bond donors (Lipinski definition) is 1. The first-order valence-corrected chi connectivity index (χ1v) is 8.57. The van der Waals surface area contributed by atoms with Gasteiger partial charge < -0.3 is 5.11 Å². The topological polar surface area (TPSA) is 23.5 Å². The van der Waals surface area contributed by atoms with Crippen molar-refractivity contribution in [3.05, 3.63) is 70.8 Å². The average molecular weight is 309 g/mol. The third-order valence-electron chi connectivity index (χ3n) is 5.04. The largest absolute Gasteiger partial charge is 0.395 e. The zero-order chi connectivity index (χ0) is 16.3. The Morgan fingerprint density at radius 3 is 2.39 bits per heavy atom. The number of aliphatic hydroxyl groups excluding tert-OH is 1. The van der Waals surface area contributed by atoms with E-state index in [1.54, 1.807) is 0 Å². The van der Waals surface area contributed by atoms with Crippen molar-refractivity contribution in [2.24, 2.45) is 0 Å². The number of benzene rings is 2. The summed E-state index contributed by atoms with van der Waals surface area (Å²) in [7, 11) is 0. The first-order valence-electron chi connectivity index (χ1n) is 8.57. The van der Waals surface area contributed by atoms with Crippen molar-refractivity contribution in [1.82, 2.24) is 4.90 Å². The van der Waals surface area contributed by atoms with Gasteiger partial charge >= 0.3 is 0 Å². The van der Waals surface area contributed by atoms with Gasteiger partial charge in [-0.1, -0.05) is 59.7 Å². The van der Waals surface area contributed by atoms with Gasteiger partial charge in [-0.15, -0.1) is 0 Å². The normalized spacial score (nSPS) is 22.2. The third-order valence-corrected chi connectivity index (χ3v) is 5.04. The highest BCUT2D eigenvalue weighted by Gasteiger charge is 2.36. The van der Waals surface area contributed by atoms with Gasteiger partial charge in [-0.25, -0.2) is 0 Å². The lowest BCUT2D eigenvalue weighted by Crippen LogP contribution is -2.48. The second-order valence-electron chi connectivity index (χ2n) is 7.11. The van der Waals surface area contributed by atoms with Crippen molar-refractivity contribution >= 4 is 0 Å². The Kier molecular flexibility index (Phi) is 4.84. The maximum Gasteiger partial charge on any atom is 0.0540 e. The summed E-state index contributed by atoms with van der Waals surface area (Å²) in [4.78, 5) is 2.49. The molecule has 1 aliphatic rings. The average Bonchev–Trinajstić information content (AvgIpc) is 2.55. The van der Waals surface area contributed by atoms with Crippen LogP contribution in [-0.4, -0.2) is 29.7 Å². The number of hydrogen-bond acceptors (Lipinski definition) is 2. The Balaban J connectivity index is 1.84. The van der Waals surface area contributed by atoms with Crippen LogP contribution >= 0.6 is 0 Å². The lowest BCUT2D eigenvalue weighted by atomic mass is 9.74. The molecule has 0 bridgehead atoms. The van der Waals surface area contributed by atoms with E-state index in [9.17, 15) is 5.11 Å². The van der Waals surface area contributed by atoms with Gasteiger partial charge in [-0.2, -0.15) is 0 Å². The van der Waals surface area contributed by atoms with Crippen LogP contribution in [0, 0.1) is 13.8 Å². The van der Waals surface area contributed by atoms with Gasteiger partial charge in [0.25, 0.3) is 0 Å². The van der Waals surface area contributed by atoms with E-state index in [-0.39, 0.29) is 12.0 Å². The van der Waals surface area contributed by atoms with E-state index in [2.05, 4.69) is 67.3 Å². The number of aryl methyl sites for hydroxylation is 2. The Hall–Kier alpha value is -1.64. The van der Waals surface area contributed by atoms with E-state index in [1.165, 1.54) is 22.3 Å². The Morgan fingerprint density at radius 2 is 1.74 bits per heavy atom. The second kappa shape index (κ2) is 6.86. The van der Waals surface area contributed by atoms with Crippen molar-refractivity contribution < 1.29 is 5.11 Å². The van der Waals surface area contributed by atoms with Gasteiger partial charge in [-0.3, -0.25) is 4.90 Å². The lowest BCUT2D eigenvalue weighted by molar-refractivity contribution is 0.0849. The predicted molar refractivity (Wildman–Crippen MR) is 95.6 cm³/mol. The molecule has 0 amide bonds. The highest BCUT2D eigenvalue weighted by Crippen LogP contribution is 2.35. The first-order chi connectivity index (χ1) is 11.1. The SMILES string of the molecule is Cc1cc(C)cc(C2(CO)CCCN(Cc3ccccc3)C2)c1. The molecule has 0 saturated carbocycles. The zero-order valence-corrected chi connectivity index (χ0v) is 14.3. The van der Waals surface area contributed by atoms with Gasteiger partial charge in [0.1, 0.15) is 0 Å². The van der Waals surface area contributed by atoms with Crippen LogP contribution in [0.3, 0.4) is 0 Å². The number of rotatable bonds is 4. The third kappa shape index (κ3) is 3.65. The number of likely N-dealkylation sites (tertiary alicyclic amines) is 1. The minimum Gasteiger partial charge on any atom is -0.395 e. The minimum atomic E-state index is -0.121. The maximum atomic E-state index is 10.2. The van der Waals surface area contributed by atoms with Crippen molar-refractivity contribution in [3.63, 3.8) is 0 Å². The summed E-state index contributed by atoms with van der Waals surface area (Å²) in [5, 5.41) is 10.2. The van der Waals surface area contributed by atoms with Gasteiger partial charge in [0.2, 0.25) is 0 Å². The van der Waals surface area contributed by atoms with Crippen LogP contribution in [0.5, 0.6) is 0 Å². The van der Waals surface area contributed by atoms with Crippen molar-refractivity contribution in [2.75, 3.05) is 19.7 Å². The summed E-state index contributed by atoms with van der Waals surface area (Å²) in [6.45, 7) is 7.52. The predicted octanol–water partition coefficient (Wildman–Crippen LogP) is 3.83. The molecule has 3 rings (SSSR count). The summed E-state index contributed by atoms with van der Waals surface area (Å²) < 4.78 is 0. The molecule has 0 aliphatic carbocycles. The summed E-state index contributed by atoms with van der Waals surface area (Å²) in [5.41, 5.74) is 5.10. The number of nitrogens with zero attached hydrogens (tertiary/aromatic N) is 1. The van der Waals surface area contributed by atoms with E-state index in [0.717, 1.165) is 32.5 Å². The van der Waals surface area contributed by atoms with Crippen LogP contribution in [0.2, 0.25) is 0 Å². The van der Waals surface area contributed by atoms with Gasteiger partial charge in [0.05, 0.1) is 6.61 Å². The van der Waals surface area contributed by atoms with Crippen LogP contribution < -0.4 is 0 Å². The molecule has 1 unspecified atom stereocenters. The second-order valence-corrected chi connectivity index (χ2v) is 7.11. The molecule has 1 saturated heterocycles. The van der Waals surface area contributed by atoms with E-state index >= 15 is 0 Å². The molecule has 1 N–H and O–H groups in total. The molecule has 1 atom stereocenters. The Bertz CT molecular complexity index is 632. The fraction of sp³-hybridized carbons (Fsp3) is 0.429. The monoisotopic (exact) mass is 309 g/mol. The van der Waals surface area contributed by atoms with Gasteiger partial charge in [0.15, 0.2) is 0 Å². The molecule has 23 heavy (non-hydrogen) atoms. The van der Waals surface area contributed by atoms with E-state index < -0.39 is 0 Å². The van der Waals surface area contributed by atoms with Crippen LogP contribution in [0.25, 0.3) is 0 Å². The fourth-order valence-corrected chi connectivity index (χ4v) is 3.94. The maximum absolute atomic E-state index is 10.2. The first kappa shape index (κ1) is 16.2.